The van der Waals surface area contributed by atoms with Gasteiger partial charge in [0.15, 0.2) is 5.82 Å². The van der Waals surface area contributed by atoms with Crippen molar-refractivity contribution < 1.29 is 19.5 Å². The van der Waals surface area contributed by atoms with Crippen LogP contribution < -0.4 is 5.46 Å². The van der Waals surface area contributed by atoms with Gasteiger partial charge in [-0.2, -0.15) is 0 Å². The van der Waals surface area contributed by atoms with Gasteiger partial charge in [-0.1, -0.05) is 114 Å². The van der Waals surface area contributed by atoms with E-state index in [0.717, 1.165) is 33.9 Å². The van der Waals surface area contributed by atoms with E-state index in [-0.39, 0.29) is 34.9 Å². The maximum absolute atomic E-state index is 9.69. The third kappa shape index (κ3) is 8.10. The highest BCUT2D eigenvalue weighted by atomic mass is 16.7. The largest absolute Gasteiger partial charge is 0.508 e. The average molecular weight is 778 g/mol. The third-order valence-corrected chi connectivity index (χ3v) is 13.2. The number of benzene rings is 4. The second kappa shape index (κ2) is 16.2. The molecule has 0 spiro atoms. The topological polar surface area (TPSA) is 89.6 Å². The fourth-order valence-electron chi connectivity index (χ4n) is 7.86. The lowest BCUT2D eigenvalue weighted by molar-refractivity contribution is 0.00578. The number of hydrogen-bond donors (Lipinski definition) is 2. The molecule has 2 atom stereocenters. The number of rotatable bonds is 9. The van der Waals surface area contributed by atoms with E-state index in [0.29, 0.717) is 17.6 Å². The number of aromatic nitrogens is 3. The summed E-state index contributed by atoms with van der Waals surface area (Å²) in [5.74, 6) is 2.19. The smallest absolute Gasteiger partial charge is 0.494 e. The molecule has 4 aromatic carbocycles. The van der Waals surface area contributed by atoms with Crippen LogP contribution in [0.5, 0.6) is 11.5 Å². The second-order valence-corrected chi connectivity index (χ2v) is 17.8. The Bertz CT molecular complexity index is 2260. The Morgan fingerprint density at radius 3 is 1.28 bits per heavy atom. The number of phenols is 2. The summed E-state index contributed by atoms with van der Waals surface area (Å²) >= 11 is 0. The Balaban J connectivity index is 0.000000198. The molecule has 0 aliphatic carbocycles. The molecule has 0 radical (unpaired) electrons. The highest BCUT2D eigenvalue weighted by molar-refractivity contribution is 6.62. The van der Waals surface area contributed by atoms with Gasteiger partial charge in [0.25, 0.3) is 0 Å². The molecule has 1 aliphatic rings. The van der Waals surface area contributed by atoms with Crippen molar-refractivity contribution in [3.8, 4) is 28.6 Å². The van der Waals surface area contributed by atoms with Gasteiger partial charge in [-0.3, -0.25) is 0 Å². The van der Waals surface area contributed by atoms with Crippen molar-refractivity contribution >= 4 is 12.6 Å². The van der Waals surface area contributed by atoms with Crippen LogP contribution in [0.2, 0.25) is 0 Å². The van der Waals surface area contributed by atoms with E-state index in [9.17, 15) is 10.2 Å². The molecule has 1 fully saturated rings. The van der Waals surface area contributed by atoms with E-state index in [2.05, 4.69) is 159 Å². The zero-order chi connectivity index (χ0) is 42.2. The van der Waals surface area contributed by atoms with Gasteiger partial charge in [-0.25, -0.2) is 0 Å². The Kier molecular flexibility index (Phi) is 11.9. The Hall–Kier alpha value is -5.18. The van der Waals surface area contributed by atoms with Gasteiger partial charge in [-0.15, -0.1) is 10.2 Å². The lowest BCUT2D eigenvalue weighted by Gasteiger charge is -2.35. The quantitative estimate of drug-likeness (QED) is 0.142. The van der Waals surface area contributed by atoms with Gasteiger partial charge < -0.3 is 24.1 Å². The number of aromatic hydroxyl groups is 2. The SMILES string of the molecule is CC(C)C(C)(c1ccc(O)cc1)c1ccc(B2OC(C)(C)C(C)(C)O2)cc1.Cc1ccc(C)n1-c1ccc(-c2ccc(C(C)(c3ccc(O)cc3)C(C)C)cc2)nn1. The molecule has 8 heteroatoms. The summed E-state index contributed by atoms with van der Waals surface area (Å²) in [6.45, 7) is 25.9. The summed E-state index contributed by atoms with van der Waals surface area (Å²) < 4.78 is 14.4. The van der Waals surface area contributed by atoms with E-state index in [1.165, 1.54) is 22.3 Å². The summed E-state index contributed by atoms with van der Waals surface area (Å²) in [4.78, 5) is 0. The van der Waals surface area contributed by atoms with Crippen LogP contribution in [-0.4, -0.2) is 43.3 Å². The van der Waals surface area contributed by atoms with E-state index < -0.39 is 0 Å². The second-order valence-electron chi connectivity index (χ2n) is 17.8. The maximum atomic E-state index is 9.69. The van der Waals surface area contributed by atoms with Crippen LogP contribution >= 0.6 is 0 Å². The minimum Gasteiger partial charge on any atom is -0.508 e. The van der Waals surface area contributed by atoms with Crippen molar-refractivity contribution in [1.29, 1.82) is 0 Å². The Morgan fingerprint density at radius 1 is 0.534 bits per heavy atom. The molecule has 2 unspecified atom stereocenters. The molecular formula is C50H60BN3O4. The molecule has 302 valence electrons. The number of aryl methyl sites for hydroxylation is 2. The molecule has 6 aromatic rings. The monoisotopic (exact) mass is 777 g/mol. The van der Waals surface area contributed by atoms with Crippen molar-refractivity contribution in [2.75, 3.05) is 0 Å². The average Bonchev–Trinajstić information content (AvgIpc) is 3.65. The zero-order valence-corrected chi connectivity index (χ0v) is 36.3. The van der Waals surface area contributed by atoms with E-state index in [1.54, 1.807) is 24.3 Å². The lowest BCUT2D eigenvalue weighted by Crippen LogP contribution is -2.41. The van der Waals surface area contributed by atoms with Crippen molar-refractivity contribution in [1.82, 2.24) is 14.8 Å². The summed E-state index contributed by atoms with van der Waals surface area (Å²) in [5.41, 5.74) is 9.09. The Labute approximate surface area is 346 Å². The van der Waals surface area contributed by atoms with Gasteiger partial charge in [0, 0.05) is 27.8 Å². The molecule has 7 rings (SSSR count). The highest BCUT2D eigenvalue weighted by Crippen LogP contribution is 2.42. The third-order valence-electron chi connectivity index (χ3n) is 13.2. The molecule has 2 aromatic heterocycles. The first kappa shape index (κ1) is 42.4. The molecule has 3 heterocycles. The first-order chi connectivity index (χ1) is 27.3. The van der Waals surface area contributed by atoms with E-state index in [4.69, 9.17) is 9.31 Å². The molecule has 1 aliphatic heterocycles. The molecule has 58 heavy (non-hydrogen) atoms. The number of nitrogens with zero attached hydrogens (tertiary/aromatic N) is 3. The van der Waals surface area contributed by atoms with Crippen LogP contribution in [0.1, 0.15) is 103 Å². The zero-order valence-electron chi connectivity index (χ0n) is 36.3. The molecule has 2 N–H and O–H groups in total. The van der Waals surface area contributed by atoms with E-state index >= 15 is 0 Å². The Morgan fingerprint density at radius 2 is 0.914 bits per heavy atom. The van der Waals surface area contributed by atoms with Crippen LogP contribution in [0.25, 0.3) is 17.1 Å². The summed E-state index contributed by atoms with van der Waals surface area (Å²) in [6, 6.07) is 40.5. The van der Waals surface area contributed by atoms with Crippen LogP contribution in [0.3, 0.4) is 0 Å². The lowest BCUT2D eigenvalue weighted by atomic mass is 9.67. The fraction of sp³-hybridized carbons (Fsp3) is 0.360. The van der Waals surface area contributed by atoms with Crippen molar-refractivity contribution in [3.63, 3.8) is 0 Å². The number of phenolic OH excluding ortho intramolecular Hbond substituents is 2. The van der Waals surface area contributed by atoms with Gasteiger partial charge in [0.1, 0.15) is 11.5 Å². The minimum absolute atomic E-state index is 0.151. The molecule has 0 amide bonds. The first-order valence-corrected chi connectivity index (χ1v) is 20.4. The predicted molar refractivity (Wildman–Crippen MR) is 237 cm³/mol. The first-order valence-electron chi connectivity index (χ1n) is 20.4. The van der Waals surface area contributed by atoms with Gasteiger partial charge >= 0.3 is 7.12 Å². The molecule has 0 bridgehead atoms. The van der Waals surface area contributed by atoms with Crippen LogP contribution in [-0.2, 0) is 20.1 Å². The van der Waals surface area contributed by atoms with E-state index in [1.807, 2.05) is 36.4 Å². The molecule has 1 saturated heterocycles. The van der Waals surface area contributed by atoms with Gasteiger partial charge in [0.2, 0.25) is 0 Å². The van der Waals surface area contributed by atoms with Crippen LogP contribution in [0, 0.1) is 25.7 Å². The van der Waals surface area contributed by atoms with Crippen molar-refractivity contribution in [2.45, 2.75) is 105 Å². The minimum atomic E-state index is -0.344. The van der Waals surface area contributed by atoms with Crippen molar-refractivity contribution in [3.05, 3.63) is 155 Å². The fourth-order valence-corrected chi connectivity index (χ4v) is 7.86. The van der Waals surface area contributed by atoms with Gasteiger partial charge in [-0.05, 0) is 130 Å². The maximum Gasteiger partial charge on any atom is 0.494 e. The predicted octanol–water partition coefficient (Wildman–Crippen LogP) is 10.9. The molecular weight excluding hydrogens is 717 g/mol. The molecule has 0 saturated carbocycles. The summed E-state index contributed by atoms with van der Waals surface area (Å²) in [6.07, 6.45) is 0. The summed E-state index contributed by atoms with van der Waals surface area (Å²) in [5, 5.41) is 28.3. The van der Waals surface area contributed by atoms with Gasteiger partial charge in [0.05, 0.1) is 16.9 Å². The number of hydrogen-bond acceptors (Lipinski definition) is 6. The summed E-state index contributed by atoms with van der Waals surface area (Å²) in [7, 11) is -0.344. The normalized spacial score (nSPS) is 16.8. The van der Waals surface area contributed by atoms with Crippen LogP contribution in [0.15, 0.2) is 121 Å². The molecule has 7 nitrogen and oxygen atoms in total. The standard InChI is InChI=1S/C27H29N3O.C23H31BO3/c1-18(2)27(5,23-12-14-24(31)15-13-23)22-10-8-21(9-11-22)25-16-17-26(29-28-25)30-19(3)6-7-20(30)4;1-16(2)23(7,18-10-14-20(25)15-11-18)17-8-12-19(13-9-17)24-26-21(3,4)22(5,6)27-24/h6-18,31H,1-5H3;8-16,25H,1-7H3. The van der Waals surface area contributed by atoms with Crippen LogP contribution in [0.4, 0.5) is 0 Å². The van der Waals surface area contributed by atoms with Crippen molar-refractivity contribution in [2.24, 2.45) is 11.8 Å². The highest BCUT2D eigenvalue weighted by Gasteiger charge is 2.51.